The van der Waals surface area contributed by atoms with Crippen molar-refractivity contribution in [3.05, 3.63) is 39.1 Å². The van der Waals surface area contributed by atoms with Gasteiger partial charge in [0.2, 0.25) is 0 Å². The van der Waals surface area contributed by atoms with Crippen LogP contribution in [0.25, 0.3) is 0 Å². The molecular weight excluding hydrogens is 282 g/mol. The molecule has 0 aliphatic rings. The number of aromatic nitrogens is 2. The topological polar surface area (TPSA) is 54.9 Å². The number of amides is 1. The van der Waals surface area contributed by atoms with Crippen molar-refractivity contribution in [3.8, 4) is 0 Å². The van der Waals surface area contributed by atoms with Crippen LogP contribution in [0.5, 0.6) is 0 Å². The van der Waals surface area contributed by atoms with Gasteiger partial charge < -0.3 is 0 Å². The van der Waals surface area contributed by atoms with E-state index < -0.39 is 0 Å². The molecule has 100 valence electrons. The number of anilines is 1. The van der Waals surface area contributed by atoms with Crippen LogP contribution in [-0.4, -0.2) is 15.9 Å². The van der Waals surface area contributed by atoms with Gasteiger partial charge in [0.25, 0.3) is 5.91 Å². The summed E-state index contributed by atoms with van der Waals surface area (Å²) < 4.78 is 0. The lowest BCUT2D eigenvalue weighted by molar-refractivity contribution is 0.102. The number of carbonyl (C=O) groups is 1. The molecule has 1 amide bonds. The van der Waals surface area contributed by atoms with Gasteiger partial charge in [-0.25, -0.2) is 9.97 Å². The van der Waals surface area contributed by atoms with Crippen molar-refractivity contribution >= 4 is 34.0 Å². The molecule has 0 aromatic carbocycles. The van der Waals surface area contributed by atoms with E-state index in [0.717, 1.165) is 22.7 Å². The minimum atomic E-state index is -0.215. The van der Waals surface area contributed by atoms with Gasteiger partial charge in [-0.15, -0.1) is 11.3 Å². The summed E-state index contributed by atoms with van der Waals surface area (Å²) in [7, 11) is 0. The third-order valence-electron chi connectivity index (χ3n) is 2.72. The molecule has 0 radical (unpaired) electrons. The lowest BCUT2D eigenvalue weighted by Crippen LogP contribution is -2.12. The number of aryl methyl sites for hydroxylation is 3. The van der Waals surface area contributed by atoms with Crippen molar-refractivity contribution in [2.24, 2.45) is 0 Å². The SMILES string of the molecule is CCc1cc(C(=O)Nc2nc(C)c(C)s2)cc(Cl)n1. The maximum atomic E-state index is 12.1. The Labute approximate surface area is 120 Å². The van der Waals surface area contributed by atoms with E-state index in [4.69, 9.17) is 11.6 Å². The highest BCUT2D eigenvalue weighted by atomic mass is 35.5. The summed E-state index contributed by atoms with van der Waals surface area (Å²) in [5.74, 6) is -0.215. The molecule has 2 heterocycles. The number of nitrogens with zero attached hydrogens (tertiary/aromatic N) is 2. The standard InChI is InChI=1S/C13H14ClN3OS/c1-4-10-5-9(6-11(14)16-10)12(18)17-13-15-7(2)8(3)19-13/h5-6H,4H2,1-3H3,(H,15,17,18). The highest BCUT2D eigenvalue weighted by Crippen LogP contribution is 2.22. The molecule has 0 bridgehead atoms. The fourth-order valence-electron chi connectivity index (χ4n) is 1.56. The molecule has 19 heavy (non-hydrogen) atoms. The predicted molar refractivity (Wildman–Crippen MR) is 78.2 cm³/mol. The Morgan fingerprint density at radius 1 is 1.37 bits per heavy atom. The third kappa shape index (κ3) is 3.30. The zero-order chi connectivity index (χ0) is 14.0. The smallest absolute Gasteiger partial charge is 0.257 e. The first-order chi connectivity index (χ1) is 8.99. The summed E-state index contributed by atoms with van der Waals surface area (Å²) in [6.07, 6.45) is 0.732. The Morgan fingerprint density at radius 2 is 2.11 bits per heavy atom. The summed E-state index contributed by atoms with van der Waals surface area (Å²) in [5.41, 5.74) is 2.23. The summed E-state index contributed by atoms with van der Waals surface area (Å²) in [5, 5.41) is 3.71. The van der Waals surface area contributed by atoms with Gasteiger partial charge in [0.15, 0.2) is 5.13 Å². The van der Waals surface area contributed by atoms with Gasteiger partial charge in [-0.05, 0) is 32.4 Å². The predicted octanol–water partition coefficient (Wildman–Crippen LogP) is 3.62. The minimum Gasteiger partial charge on any atom is -0.298 e. The maximum Gasteiger partial charge on any atom is 0.257 e. The van der Waals surface area contributed by atoms with Crippen molar-refractivity contribution < 1.29 is 4.79 Å². The fourth-order valence-corrected chi connectivity index (χ4v) is 2.59. The van der Waals surface area contributed by atoms with Gasteiger partial charge >= 0.3 is 0 Å². The van der Waals surface area contributed by atoms with Gasteiger partial charge in [0, 0.05) is 16.1 Å². The van der Waals surface area contributed by atoms with E-state index in [-0.39, 0.29) is 5.91 Å². The number of rotatable bonds is 3. The van der Waals surface area contributed by atoms with Crippen LogP contribution in [0.15, 0.2) is 12.1 Å². The van der Waals surface area contributed by atoms with Crippen molar-refractivity contribution in [2.45, 2.75) is 27.2 Å². The average molecular weight is 296 g/mol. The van der Waals surface area contributed by atoms with Crippen molar-refractivity contribution in [1.82, 2.24) is 9.97 Å². The Kier molecular flexibility index (Phi) is 4.17. The summed E-state index contributed by atoms with van der Waals surface area (Å²) in [4.78, 5) is 21.6. The molecule has 0 saturated heterocycles. The molecule has 0 atom stereocenters. The molecule has 0 fully saturated rings. The lowest BCUT2D eigenvalue weighted by atomic mass is 10.2. The van der Waals surface area contributed by atoms with E-state index in [0.29, 0.717) is 15.8 Å². The monoisotopic (exact) mass is 295 g/mol. The van der Waals surface area contributed by atoms with Crippen LogP contribution >= 0.6 is 22.9 Å². The Bertz CT molecular complexity index is 605. The number of pyridine rings is 1. The van der Waals surface area contributed by atoms with Crippen LogP contribution in [0.1, 0.15) is 33.5 Å². The molecule has 0 aliphatic carbocycles. The zero-order valence-electron chi connectivity index (χ0n) is 11.0. The first kappa shape index (κ1) is 14.0. The number of hydrogen-bond acceptors (Lipinski definition) is 4. The Balaban J connectivity index is 2.22. The first-order valence-corrected chi connectivity index (χ1v) is 7.11. The van der Waals surface area contributed by atoms with Gasteiger partial charge in [-0.2, -0.15) is 0 Å². The number of halogens is 1. The number of hydrogen-bond donors (Lipinski definition) is 1. The molecule has 0 spiro atoms. The van der Waals surface area contributed by atoms with E-state index in [9.17, 15) is 4.79 Å². The first-order valence-electron chi connectivity index (χ1n) is 5.91. The van der Waals surface area contributed by atoms with Crippen LogP contribution in [0, 0.1) is 13.8 Å². The van der Waals surface area contributed by atoms with E-state index in [2.05, 4.69) is 15.3 Å². The number of nitrogens with one attached hydrogen (secondary N) is 1. The number of carbonyl (C=O) groups excluding carboxylic acids is 1. The molecule has 2 aromatic rings. The second kappa shape index (κ2) is 5.67. The Hall–Kier alpha value is -1.46. The molecule has 0 aliphatic heterocycles. The molecule has 4 nitrogen and oxygen atoms in total. The van der Waals surface area contributed by atoms with E-state index in [1.807, 2.05) is 20.8 Å². The van der Waals surface area contributed by atoms with Gasteiger partial charge in [0.1, 0.15) is 5.15 Å². The van der Waals surface area contributed by atoms with Gasteiger partial charge in [-0.1, -0.05) is 18.5 Å². The second-order valence-corrected chi connectivity index (χ2v) is 5.73. The molecule has 0 unspecified atom stereocenters. The summed E-state index contributed by atoms with van der Waals surface area (Å²) in [6.45, 7) is 5.86. The normalized spacial score (nSPS) is 10.5. The van der Waals surface area contributed by atoms with Crippen LogP contribution in [0.2, 0.25) is 5.15 Å². The van der Waals surface area contributed by atoms with Crippen LogP contribution in [0.4, 0.5) is 5.13 Å². The highest BCUT2D eigenvalue weighted by Gasteiger charge is 2.12. The Morgan fingerprint density at radius 3 is 2.68 bits per heavy atom. The van der Waals surface area contributed by atoms with Gasteiger partial charge in [-0.3, -0.25) is 10.1 Å². The molecule has 1 N–H and O–H groups in total. The molecule has 2 aromatic heterocycles. The van der Waals surface area contributed by atoms with E-state index in [1.54, 1.807) is 12.1 Å². The van der Waals surface area contributed by atoms with Crippen molar-refractivity contribution in [3.63, 3.8) is 0 Å². The fraction of sp³-hybridized carbons (Fsp3) is 0.308. The molecule has 2 rings (SSSR count). The second-order valence-electron chi connectivity index (χ2n) is 4.14. The number of thiazole rings is 1. The van der Waals surface area contributed by atoms with Crippen molar-refractivity contribution in [1.29, 1.82) is 0 Å². The van der Waals surface area contributed by atoms with E-state index >= 15 is 0 Å². The quantitative estimate of drug-likeness (QED) is 0.880. The zero-order valence-corrected chi connectivity index (χ0v) is 12.5. The highest BCUT2D eigenvalue weighted by molar-refractivity contribution is 7.15. The summed E-state index contributed by atoms with van der Waals surface area (Å²) in [6, 6.07) is 3.30. The molecule has 0 saturated carbocycles. The van der Waals surface area contributed by atoms with Crippen LogP contribution < -0.4 is 5.32 Å². The van der Waals surface area contributed by atoms with Crippen LogP contribution in [-0.2, 0) is 6.42 Å². The average Bonchev–Trinajstić information content (AvgIpc) is 2.67. The largest absolute Gasteiger partial charge is 0.298 e. The maximum absolute atomic E-state index is 12.1. The van der Waals surface area contributed by atoms with Gasteiger partial charge in [0.05, 0.1) is 5.69 Å². The van der Waals surface area contributed by atoms with Crippen LogP contribution in [0.3, 0.4) is 0 Å². The summed E-state index contributed by atoms with van der Waals surface area (Å²) >= 11 is 7.36. The minimum absolute atomic E-state index is 0.215. The molecular formula is C13H14ClN3OS. The third-order valence-corrected chi connectivity index (χ3v) is 3.90. The van der Waals surface area contributed by atoms with E-state index in [1.165, 1.54) is 11.3 Å². The lowest BCUT2D eigenvalue weighted by Gasteiger charge is -2.04. The van der Waals surface area contributed by atoms with Crippen molar-refractivity contribution in [2.75, 3.05) is 5.32 Å². The molecule has 6 heteroatoms.